The summed E-state index contributed by atoms with van der Waals surface area (Å²) in [5.74, 6) is 1.77. The van der Waals surface area contributed by atoms with E-state index < -0.39 is 0 Å². The van der Waals surface area contributed by atoms with E-state index >= 15 is 0 Å². The Balaban J connectivity index is 2.14. The maximum atomic E-state index is 5.80. The van der Waals surface area contributed by atoms with Crippen molar-refractivity contribution in [3.8, 4) is 0 Å². The van der Waals surface area contributed by atoms with Crippen molar-refractivity contribution in [1.29, 1.82) is 0 Å². The average Bonchev–Trinajstić information content (AvgIpc) is 2.47. The van der Waals surface area contributed by atoms with Crippen LogP contribution in [0.2, 0.25) is 0 Å². The van der Waals surface area contributed by atoms with Crippen LogP contribution >= 0.6 is 0 Å². The molecule has 4 unspecified atom stereocenters. The van der Waals surface area contributed by atoms with Gasteiger partial charge >= 0.3 is 0 Å². The van der Waals surface area contributed by atoms with E-state index in [1.165, 1.54) is 6.42 Å². The number of hydrogen-bond donors (Lipinski definition) is 1. The van der Waals surface area contributed by atoms with E-state index in [2.05, 4.69) is 13.8 Å². The standard InChI is InChI=1S/C7H13N/c1-4-3-7(4)5(2)6(7)8/h4-6H,3,8H2,1-2H3. The minimum Gasteiger partial charge on any atom is -0.327 e. The van der Waals surface area contributed by atoms with Crippen LogP contribution in [0, 0.1) is 17.3 Å². The van der Waals surface area contributed by atoms with Crippen molar-refractivity contribution >= 4 is 0 Å². The van der Waals surface area contributed by atoms with Gasteiger partial charge in [-0.3, -0.25) is 0 Å². The average molecular weight is 111 g/mol. The van der Waals surface area contributed by atoms with Gasteiger partial charge in [0.2, 0.25) is 0 Å². The molecule has 1 spiro atoms. The van der Waals surface area contributed by atoms with Crippen LogP contribution in [-0.2, 0) is 0 Å². The zero-order valence-electron chi connectivity index (χ0n) is 5.52. The summed E-state index contributed by atoms with van der Waals surface area (Å²) in [4.78, 5) is 0. The van der Waals surface area contributed by atoms with Gasteiger partial charge in [0.05, 0.1) is 0 Å². The fraction of sp³-hybridized carbons (Fsp3) is 1.00. The quantitative estimate of drug-likeness (QED) is 0.495. The van der Waals surface area contributed by atoms with E-state index in [0.717, 1.165) is 11.8 Å². The number of nitrogens with two attached hydrogens (primary N) is 1. The van der Waals surface area contributed by atoms with Crippen LogP contribution in [0.15, 0.2) is 0 Å². The molecule has 2 aliphatic rings. The molecule has 2 fully saturated rings. The molecule has 2 saturated carbocycles. The second kappa shape index (κ2) is 0.971. The molecule has 0 radical (unpaired) electrons. The Morgan fingerprint density at radius 2 is 1.88 bits per heavy atom. The molecule has 2 rings (SSSR count). The molecule has 0 aliphatic heterocycles. The summed E-state index contributed by atoms with van der Waals surface area (Å²) in [6, 6.07) is 0.553. The first kappa shape index (κ1) is 4.80. The van der Waals surface area contributed by atoms with E-state index in [-0.39, 0.29) is 0 Å². The fourth-order valence-corrected chi connectivity index (χ4v) is 2.26. The summed E-state index contributed by atoms with van der Waals surface area (Å²) < 4.78 is 0. The van der Waals surface area contributed by atoms with Gasteiger partial charge in [0.25, 0.3) is 0 Å². The smallest absolute Gasteiger partial charge is 0.0133 e. The van der Waals surface area contributed by atoms with Crippen LogP contribution in [0.25, 0.3) is 0 Å². The Hall–Kier alpha value is -0.0400. The van der Waals surface area contributed by atoms with Gasteiger partial charge in [-0.2, -0.15) is 0 Å². The molecule has 1 heteroatoms. The van der Waals surface area contributed by atoms with Crippen LogP contribution in [0.1, 0.15) is 20.3 Å². The van der Waals surface area contributed by atoms with Crippen LogP contribution in [0.3, 0.4) is 0 Å². The molecule has 0 aromatic rings. The Kier molecular flexibility index (Phi) is 0.583. The SMILES string of the molecule is CC1CC12C(C)C2N. The summed E-state index contributed by atoms with van der Waals surface area (Å²) in [6.07, 6.45) is 1.40. The molecular weight excluding hydrogens is 98.1 g/mol. The van der Waals surface area contributed by atoms with Crippen molar-refractivity contribution in [2.75, 3.05) is 0 Å². The summed E-state index contributed by atoms with van der Waals surface area (Å²) in [5, 5.41) is 0. The molecule has 0 heterocycles. The molecule has 4 atom stereocenters. The molecule has 0 aromatic carbocycles. The predicted molar refractivity (Wildman–Crippen MR) is 33.4 cm³/mol. The van der Waals surface area contributed by atoms with Crippen LogP contribution in [0.5, 0.6) is 0 Å². The van der Waals surface area contributed by atoms with Gasteiger partial charge in [-0.1, -0.05) is 13.8 Å². The molecule has 0 amide bonds. The first-order valence-corrected chi connectivity index (χ1v) is 3.45. The van der Waals surface area contributed by atoms with Gasteiger partial charge in [-0.05, 0) is 23.7 Å². The van der Waals surface area contributed by atoms with Crippen LogP contribution in [0.4, 0.5) is 0 Å². The zero-order valence-corrected chi connectivity index (χ0v) is 5.52. The normalized spacial score (nSPS) is 68.6. The topological polar surface area (TPSA) is 26.0 Å². The lowest BCUT2D eigenvalue weighted by molar-refractivity contribution is 0.687. The van der Waals surface area contributed by atoms with Crippen molar-refractivity contribution in [1.82, 2.24) is 0 Å². The molecule has 1 nitrogen and oxygen atoms in total. The van der Waals surface area contributed by atoms with E-state index in [0.29, 0.717) is 11.5 Å². The largest absolute Gasteiger partial charge is 0.327 e. The summed E-state index contributed by atoms with van der Waals surface area (Å²) in [6.45, 7) is 4.58. The van der Waals surface area contributed by atoms with Crippen LogP contribution in [-0.4, -0.2) is 6.04 Å². The summed E-state index contributed by atoms with van der Waals surface area (Å²) in [5.41, 5.74) is 6.45. The molecule has 0 aromatic heterocycles. The molecule has 0 saturated heterocycles. The summed E-state index contributed by atoms with van der Waals surface area (Å²) >= 11 is 0. The molecule has 2 aliphatic carbocycles. The second-order valence-electron chi connectivity index (χ2n) is 3.53. The minimum atomic E-state index is 0.553. The Morgan fingerprint density at radius 1 is 1.50 bits per heavy atom. The van der Waals surface area contributed by atoms with Crippen molar-refractivity contribution in [3.05, 3.63) is 0 Å². The lowest BCUT2D eigenvalue weighted by Crippen LogP contribution is -2.03. The Bertz CT molecular complexity index is 122. The molecule has 0 bridgehead atoms. The van der Waals surface area contributed by atoms with E-state index in [9.17, 15) is 0 Å². The second-order valence-corrected chi connectivity index (χ2v) is 3.53. The van der Waals surface area contributed by atoms with Gasteiger partial charge in [0.1, 0.15) is 0 Å². The first-order chi connectivity index (χ1) is 3.69. The van der Waals surface area contributed by atoms with Crippen molar-refractivity contribution < 1.29 is 0 Å². The van der Waals surface area contributed by atoms with E-state index in [4.69, 9.17) is 5.73 Å². The highest BCUT2D eigenvalue weighted by Gasteiger charge is 2.72. The molecule has 2 N–H and O–H groups in total. The predicted octanol–water partition coefficient (Wildman–Crippen LogP) is 0.990. The molecular formula is C7H13N. The highest BCUT2D eigenvalue weighted by atomic mass is 14.9. The van der Waals surface area contributed by atoms with Crippen molar-refractivity contribution in [3.63, 3.8) is 0 Å². The summed E-state index contributed by atoms with van der Waals surface area (Å²) in [7, 11) is 0. The van der Waals surface area contributed by atoms with Gasteiger partial charge in [0.15, 0.2) is 0 Å². The Labute approximate surface area is 50.3 Å². The number of hydrogen-bond acceptors (Lipinski definition) is 1. The monoisotopic (exact) mass is 111 g/mol. The lowest BCUT2D eigenvalue weighted by Gasteiger charge is -1.80. The van der Waals surface area contributed by atoms with Gasteiger partial charge in [-0.25, -0.2) is 0 Å². The van der Waals surface area contributed by atoms with Gasteiger partial charge in [-0.15, -0.1) is 0 Å². The van der Waals surface area contributed by atoms with E-state index in [1.54, 1.807) is 0 Å². The molecule has 8 heavy (non-hydrogen) atoms. The zero-order chi connectivity index (χ0) is 5.94. The third-order valence-corrected chi connectivity index (χ3v) is 3.32. The fourth-order valence-electron chi connectivity index (χ4n) is 2.26. The maximum absolute atomic E-state index is 5.80. The van der Waals surface area contributed by atoms with Crippen molar-refractivity contribution in [2.24, 2.45) is 23.0 Å². The third kappa shape index (κ3) is 0.278. The highest BCUT2D eigenvalue weighted by molar-refractivity contribution is 5.24. The first-order valence-electron chi connectivity index (χ1n) is 3.45. The van der Waals surface area contributed by atoms with Gasteiger partial charge < -0.3 is 5.73 Å². The van der Waals surface area contributed by atoms with Crippen molar-refractivity contribution in [2.45, 2.75) is 26.3 Å². The van der Waals surface area contributed by atoms with Gasteiger partial charge in [0, 0.05) is 6.04 Å². The van der Waals surface area contributed by atoms with Crippen LogP contribution < -0.4 is 5.73 Å². The maximum Gasteiger partial charge on any atom is 0.0133 e. The Morgan fingerprint density at radius 3 is 1.88 bits per heavy atom. The third-order valence-electron chi connectivity index (χ3n) is 3.32. The number of rotatable bonds is 0. The lowest BCUT2D eigenvalue weighted by atomic mass is 10.3. The minimum absolute atomic E-state index is 0.553. The highest BCUT2D eigenvalue weighted by Crippen LogP contribution is 2.72. The van der Waals surface area contributed by atoms with E-state index in [1.807, 2.05) is 0 Å². The molecule has 46 valence electrons.